The molecule has 2 aromatic heterocycles. The number of imidazole rings is 1. The maximum absolute atomic E-state index is 12.0. The zero-order valence-electron chi connectivity index (χ0n) is 12.2. The molecule has 3 rings (SSSR count). The number of aromatic nitrogens is 2. The summed E-state index contributed by atoms with van der Waals surface area (Å²) < 4.78 is 6.73. The van der Waals surface area contributed by atoms with Gasteiger partial charge in [0, 0.05) is 5.39 Å². The number of hydrogen-bond donors (Lipinski definition) is 1. The van der Waals surface area contributed by atoms with Gasteiger partial charge in [0.25, 0.3) is 0 Å². The van der Waals surface area contributed by atoms with Crippen molar-refractivity contribution in [2.45, 2.75) is 13.8 Å². The van der Waals surface area contributed by atoms with Crippen LogP contribution in [-0.2, 0) is 4.74 Å². The summed E-state index contributed by atoms with van der Waals surface area (Å²) in [5.41, 5.74) is 1.95. The Balaban J connectivity index is 2.47. The molecule has 0 bridgehead atoms. The van der Waals surface area contributed by atoms with Gasteiger partial charge >= 0.3 is 11.9 Å². The molecular formula is C16H14N2O4. The molecule has 0 atom stereocenters. The molecule has 0 radical (unpaired) electrons. The number of fused-ring (bicyclic) bond motifs is 3. The summed E-state index contributed by atoms with van der Waals surface area (Å²) in [4.78, 5) is 27.8. The topological polar surface area (TPSA) is 80.9 Å². The van der Waals surface area contributed by atoms with Gasteiger partial charge in [-0.2, -0.15) is 0 Å². The number of para-hydroxylation sites is 1. The Morgan fingerprint density at radius 1 is 1.32 bits per heavy atom. The highest BCUT2D eigenvalue weighted by Gasteiger charge is 2.23. The number of aromatic carboxylic acids is 1. The molecule has 22 heavy (non-hydrogen) atoms. The molecule has 0 unspecified atom stereocenters. The molecule has 0 spiro atoms. The Morgan fingerprint density at radius 2 is 2.05 bits per heavy atom. The van der Waals surface area contributed by atoms with Crippen LogP contribution >= 0.6 is 0 Å². The molecule has 1 N–H and O–H groups in total. The van der Waals surface area contributed by atoms with Crippen LogP contribution in [0.4, 0.5) is 0 Å². The quantitative estimate of drug-likeness (QED) is 0.752. The van der Waals surface area contributed by atoms with Crippen LogP contribution in [-0.4, -0.2) is 33.0 Å². The average Bonchev–Trinajstić information content (AvgIpc) is 2.93. The van der Waals surface area contributed by atoms with E-state index in [0.717, 1.165) is 0 Å². The fraction of sp³-hybridized carbons (Fsp3) is 0.188. The summed E-state index contributed by atoms with van der Waals surface area (Å²) in [6.07, 6.45) is 1.52. The number of carboxylic acids is 1. The normalized spacial score (nSPS) is 11.0. The van der Waals surface area contributed by atoms with Gasteiger partial charge in [-0.1, -0.05) is 18.2 Å². The number of benzene rings is 1. The summed E-state index contributed by atoms with van der Waals surface area (Å²) in [6.45, 7) is 3.62. The van der Waals surface area contributed by atoms with E-state index in [1.165, 1.54) is 6.33 Å². The van der Waals surface area contributed by atoms with Gasteiger partial charge in [-0.3, -0.25) is 4.40 Å². The summed E-state index contributed by atoms with van der Waals surface area (Å²) in [5.74, 6) is -1.59. The van der Waals surface area contributed by atoms with Gasteiger partial charge in [0.1, 0.15) is 6.33 Å². The van der Waals surface area contributed by atoms with Crippen LogP contribution in [0.1, 0.15) is 33.3 Å². The molecule has 0 aliphatic rings. The summed E-state index contributed by atoms with van der Waals surface area (Å²) in [5, 5.41) is 10.2. The first-order valence-electron chi connectivity index (χ1n) is 6.85. The van der Waals surface area contributed by atoms with E-state index in [4.69, 9.17) is 4.74 Å². The van der Waals surface area contributed by atoms with E-state index in [1.807, 2.05) is 6.07 Å². The van der Waals surface area contributed by atoms with Crippen molar-refractivity contribution in [2.75, 3.05) is 6.61 Å². The number of rotatable bonds is 3. The highest BCUT2D eigenvalue weighted by molar-refractivity contribution is 6.08. The second kappa shape index (κ2) is 5.14. The van der Waals surface area contributed by atoms with E-state index in [1.54, 1.807) is 36.4 Å². The van der Waals surface area contributed by atoms with E-state index < -0.39 is 11.9 Å². The third-order valence-corrected chi connectivity index (χ3v) is 3.61. The number of carboxylic acid groups (broad SMARTS) is 1. The van der Waals surface area contributed by atoms with Crippen LogP contribution in [0.2, 0.25) is 0 Å². The minimum Gasteiger partial charge on any atom is -0.478 e. The largest absolute Gasteiger partial charge is 0.478 e. The molecule has 6 heteroatoms. The minimum atomic E-state index is -1.03. The number of aryl methyl sites for hydroxylation is 1. The zero-order valence-corrected chi connectivity index (χ0v) is 12.2. The lowest BCUT2D eigenvalue weighted by Gasteiger charge is -2.11. The van der Waals surface area contributed by atoms with Gasteiger partial charge in [-0.25, -0.2) is 14.6 Å². The molecule has 3 aromatic rings. The number of carbonyl (C=O) groups is 2. The molecule has 2 heterocycles. The molecule has 112 valence electrons. The first kappa shape index (κ1) is 14.1. The molecule has 0 amide bonds. The standard InChI is InChI=1S/C16H14N2O4/c1-3-22-16(21)13-14-9(2)12(15(19)20)10-6-4-5-7-11(10)18(14)8-17-13/h4-8H,3H2,1-2H3,(H,19,20). The maximum atomic E-state index is 12.0. The Kier molecular flexibility index (Phi) is 3.29. The second-order valence-corrected chi connectivity index (χ2v) is 4.85. The first-order valence-corrected chi connectivity index (χ1v) is 6.85. The van der Waals surface area contributed by atoms with E-state index in [0.29, 0.717) is 22.0 Å². The van der Waals surface area contributed by atoms with E-state index >= 15 is 0 Å². The van der Waals surface area contributed by atoms with Crippen LogP contribution in [0.15, 0.2) is 30.6 Å². The first-order chi connectivity index (χ1) is 10.6. The smallest absolute Gasteiger partial charge is 0.359 e. The van der Waals surface area contributed by atoms with Crippen molar-refractivity contribution in [1.82, 2.24) is 9.38 Å². The number of carbonyl (C=O) groups excluding carboxylic acids is 1. The SMILES string of the molecule is CCOC(=O)c1ncn2c1c(C)c(C(=O)O)c1ccccc12. The second-order valence-electron chi connectivity index (χ2n) is 4.85. The highest BCUT2D eigenvalue weighted by Crippen LogP contribution is 2.28. The van der Waals surface area contributed by atoms with Crippen molar-refractivity contribution in [2.24, 2.45) is 0 Å². The van der Waals surface area contributed by atoms with Crippen LogP contribution in [0.25, 0.3) is 16.4 Å². The lowest BCUT2D eigenvalue weighted by molar-refractivity contribution is 0.0521. The fourth-order valence-electron chi connectivity index (χ4n) is 2.73. The zero-order chi connectivity index (χ0) is 15.9. The number of hydrogen-bond acceptors (Lipinski definition) is 4. The summed E-state index contributed by atoms with van der Waals surface area (Å²) in [7, 11) is 0. The van der Waals surface area contributed by atoms with Gasteiger partial charge in [0.05, 0.1) is 23.2 Å². The lowest BCUT2D eigenvalue weighted by atomic mass is 10.0. The third-order valence-electron chi connectivity index (χ3n) is 3.61. The van der Waals surface area contributed by atoms with E-state index in [2.05, 4.69) is 4.98 Å². The van der Waals surface area contributed by atoms with Crippen LogP contribution in [0.3, 0.4) is 0 Å². The van der Waals surface area contributed by atoms with Crippen molar-refractivity contribution in [3.05, 3.63) is 47.4 Å². The van der Waals surface area contributed by atoms with E-state index in [-0.39, 0.29) is 17.9 Å². The Labute approximate surface area is 126 Å². The number of esters is 1. The maximum Gasteiger partial charge on any atom is 0.359 e. The van der Waals surface area contributed by atoms with Gasteiger partial charge in [0.15, 0.2) is 5.69 Å². The number of pyridine rings is 1. The molecule has 0 fully saturated rings. The molecule has 6 nitrogen and oxygen atoms in total. The molecule has 0 aliphatic heterocycles. The van der Waals surface area contributed by atoms with E-state index in [9.17, 15) is 14.7 Å². The monoisotopic (exact) mass is 298 g/mol. The minimum absolute atomic E-state index is 0.132. The van der Waals surface area contributed by atoms with Crippen molar-refractivity contribution in [1.29, 1.82) is 0 Å². The van der Waals surface area contributed by atoms with Crippen molar-refractivity contribution in [3.8, 4) is 0 Å². The summed E-state index contributed by atoms with van der Waals surface area (Å²) >= 11 is 0. The van der Waals surface area contributed by atoms with Crippen molar-refractivity contribution in [3.63, 3.8) is 0 Å². The van der Waals surface area contributed by atoms with Crippen molar-refractivity contribution >= 4 is 28.4 Å². The Hall–Kier alpha value is -2.89. The van der Waals surface area contributed by atoms with Gasteiger partial charge < -0.3 is 9.84 Å². The van der Waals surface area contributed by atoms with Gasteiger partial charge in [0.2, 0.25) is 0 Å². The molecule has 0 saturated carbocycles. The molecule has 0 aliphatic carbocycles. The Bertz CT molecular complexity index is 911. The lowest BCUT2D eigenvalue weighted by Crippen LogP contribution is -2.09. The molecule has 0 saturated heterocycles. The Morgan fingerprint density at radius 3 is 2.73 bits per heavy atom. The van der Waals surface area contributed by atoms with Gasteiger partial charge in [-0.15, -0.1) is 0 Å². The fourth-order valence-corrected chi connectivity index (χ4v) is 2.73. The number of nitrogens with zero attached hydrogens (tertiary/aromatic N) is 2. The summed E-state index contributed by atoms with van der Waals surface area (Å²) in [6, 6.07) is 7.14. The molecule has 1 aromatic carbocycles. The van der Waals surface area contributed by atoms with Crippen molar-refractivity contribution < 1.29 is 19.4 Å². The van der Waals surface area contributed by atoms with Crippen LogP contribution < -0.4 is 0 Å². The molecular weight excluding hydrogens is 284 g/mol. The number of ether oxygens (including phenoxy) is 1. The third kappa shape index (κ3) is 1.92. The highest BCUT2D eigenvalue weighted by atomic mass is 16.5. The predicted octanol–water partition coefficient (Wildman–Crippen LogP) is 2.67. The van der Waals surface area contributed by atoms with Crippen LogP contribution in [0.5, 0.6) is 0 Å². The average molecular weight is 298 g/mol. The van der Waals surface area contributed by atoms with Gasteiger partial charge in [-0.05, 0) is 25.5 Å². The predicted molar refractivity (Wildman–Crippen MR) is 80.4 cm³/mol. The van der Waals surface area contributed by atoms with Crippen LogP contribution in [0, 0.1) is 6.92 Å².